The highest BCUT2D eigenvalue weighted by Gasteiger charge is 2.29. The third-order valence-corrected chi connectivity index (χ3v) is 9.46. The number of pyridine rings is 1. The molecular formula is C34H30Cl2F2N6O2S. The summed E-state index contributed by atoms with van der Waals surface area (Å²) in [6.07, 6.45) is 10.2. The summed E-state index contributed by atoms with van der Waals surface area (Å²) in [6.45, 7) is 5.66. The Morgan fingerprint density at radius 3 is 2.23 bits per heavy atom. The summed E-state index contributed by atoms with van der Waals surface area (Å²) in [5, 5.41) is 0.389. The molecule has 1 aliphatic carbocycles. The Morgan fingerprint density at radius 1 is 0.915 bits per heavy atom. The van der Waals surface area contributed by atoms with Crippen LogP contribution in [0.15, 0.2) is 61.2 Å². The standard InChI is InChI=1S/C32H24Cl2F2N6O2S.C2H6/c33-22-4-3-5-23(34)26(22)32(44)42-16-21(20-12-18(13-39-31(20)42)19-14-37-30(38-15-19)17-6-7-17)29(43)27-24(35)8-9-25(28(27)36)40-45-41-10-1-2-11-41;1-2/h3-5,8-9,12-17,40H,1-2,6-7,10-11H2;1-2H3. The number of anilines is 1. The van der Waals surface area contributed by atoms with Crippen LogP contribution in [0.25, 0.3) is 22.2 Å². The number of hydrogen-bond acceptors (Lipinski definition) is 8. The number of hydrogen-bond donors (Lipinski definition) is 1. The Morgan fingerprint density at radius 2 is 1.57 bits per heavy atom. The number of benzene rings is 2. The third-order valence-electron chi connectivity index (χ3n) is 7.90. The van der Waals surface area contributed by atoms with Crippen LogP contribution in [-0.4, -0.2) is 48.6 Å². The quantitative estimate of drug-likeness (QED) is 0.127. The largest absolute Gasteiger partial charge is 0.314 e. The van der Waals surface area contributed by atoms with Crippen LogP contribution in [0, 0.1) is 11.6 Å². The zero-order chi connectivity index (χ0) is 33.2. The molecule has 242 valence electrons. The van der Waals surface area contributed by atoms with Crippen molar-refractivity contribution in [2.75, 3.05) is 17.8 Å². The van der Waals surface area contributed by atoms with Crippen LogP contribution in [0.1, 0.15) is 77.6 Å². The van der Waals surface area contributed by atoms with Crippen LogP contribution in [0.5, 0.6) is 0 Å². The van der Waals surface area contributed by atoms with Crippen molar-refractivity contribution in [2.45, 2.75) is 45.4 Å². The first-order valence-electron chi connectivity index (χ1n) is 15.3. The van der Waals surface area contributed by atoms with Crippen LogP contribution >= 0.6 is 35.3 Å². The highest BCUT2D eigenvalue weighted by Crippen LogP contribution is 2.38. The van der Waals surface area contributed by atoms with Gasteiger partial charge in [0, 0.05) is 72.4 Å². The number of carbonyl (C=O) groups excluding carboxylic acids is 2. The zero-order valence-corrected chi connectivity index (χ0v) is 27.9. The second kappa shape index (κ2) is 14.1. The van der Waals surface area contributed by atoms with Crippen molar-refractivity contribution in [3.8, 4) is 11.1 Å². The first-order chi connectivity index (χ1) is 22.8. The SMILES string of the molecule is CC.O=C(c1c(F)ccc(NSN2CCCC2)c1F)c1cn(C(=O)c2c(Cl)cccc2Cl)c2ncc(-c3cnc(C4CC4)nc3)cc12. The summed E-state index contributed by atoms with van der Waals surface area (Å²) in [4.78, 5) is 41.3. The van der Waals surface area contributed by atoms with Crippen LogP contribution in [-0.2, 0) is 0 Å². The Hall–Kier alpha value is -3.90. The second-order valence-electron chi connectivity index (χ2n) is 11.0. The number of carbonyl (C=O) groups is 2. The number of halogens is 4. The number of nitrogens with one attached hydrogen (secondary N) is 1. The van der Waals surface area contributed by atoms with E-state index in [0.29, 0.717) is 17.0 Å². The molecule has 2 aliphatic rings. The summed E-state index contributed by atoms with van der Waals surface area (Å²) in [5.74, 6) is -2.57. The molecule has 5 aromatic rings. The molecule has 2 aromatic carbocycles. The van der Waals surface area contributed by atoms with Crippen molar-refractivity contribution in [3.05, 3.63) is 105 Å². The van der Waals surface area contributed by atoms with E-state index in [2.05, 4.69) is 19.7 Å². The van der Waals surface area contributed by atoms with Gasteiger partial charge in [-0.05, 0) is 56.0 Å². The molecule has 0 atom stereocenters. The average Bonchev–Trinajstić information content (AvgIpc) is 3.66. The van der Waals surface area contributed by atoms with Gasteiger partial charge in [-0.25, -0.2) is 28.0 Å². The van der Waals surface area contributed by atoms with Gasteiger partial charge >= 0.3 is 0 Å². The third kappa shape index (κ3) is 6.62. The van der Waals surface area contributed by atoms with Crippen LogP contribution in [0.3, 0.4) is 0 Å². The van der Waals surface area contributed by atoms with Crippen molar-refractivity contribution >= 4 is 63.7 Å². The molecule has 1 saturated heterocycles. The molecule has 0 bridgehead atoms. The predicted molar refractivity (Wildman–Crippen MR) is 182 cm³/mol. The Kier molecular flexibility index (Phi) is 9.88. The van der Waals surface area contributed by atoms with Gasteiger partial charge in [0.15, 0.2) is 5.82 Å². The number of ketones is 1. The van der Waals surface area contributed by atoms with Crippen molar-refractivity contribution in [2.24, 2.45) is 0 Å². The lowest BCUT2D eigenvalue weighted by molar-refractivity contribution is 0.0964. The molecule has 0 radical (unpaired) electrons. The molecule has 7 rings (SSSR count). The molecule has 1 aliphatic heterocycles. The first-order valence-corrected chi connectivity index (χ1v) is 16.9. The number of fused-ring (bicyclic) bond motifs is 1. The van der Waals surface area contributed by atoms with E-state index in [-0.39, 0.29) is 37.9 Å². The fraction of sp³-hybridized carbons (Fsp3) is 0.265. The summed E-state index contributed by atoms with van der Waals surface area (Å²) in [5.41, 5.74) is 0.333. The van der Waals surface area contributed by atoms with Gasteiger partial charge in [-0.1, -0.05) is 43.1 Å². The molecule has 8 nitrogen and oxygen atoms in total. The van der Waals surface area contributed by atoms with Crippen molar-refractivity contribution in [1.29, 1.82) is 0 Å². The minimum atomic E-state index is -1.04. The minimum Gasteiger partial charge on any atom is -0.314 e. The predicted octanol–water partition coefficient (Wildman–Crippen LogP) is 8.97. The van der Waals surface area contributed by atoms with Crippen LogP contribution in [0.4, 0.5) is 14.5 Å². The van der Waals surface area contributed by atoms with Gasteiger partial charge in [-0.15, -0.1) is 0 Å². The second-order valence-corrected chi connectivity index (χ2v) is 12.7. The van der Waals surface area contributed by atoms with Gasteiger partial charge < -0.3 is 4.72 Å². The lowest BCUT2D eigenvalue weighted by Crippen LogP contribution is -2.14. The smallest absolute Gasteiger partial charge is 0.266 e. The van der Waals surface area contributed by atoms with Gasteiger partial charge in [0.05, 0.1) is 32.4 Å². The lowest BCUT2D eigenvalue weighted by atomic mass is 10.0. The van der Waals surface area contributed by atoms with E-state index in [9.17, 15) is 9.59 Å². The maximum absolute atomic E-state index is 15.8. The molecule has 4 heterocycles. The molecule has 1 N–H and O–H groups in total. The van der Waals surface area contributed by atoms with Crippen LogP contribution < -0.4 is 4.72 Å². The molecule has 0 amide bonds. The summed E-state index contributed by atoms with van der Waals surface area (Å²) in [7, 11) is 0. The minimum absolute atomic E-state index is 0.00540. The highest BCUT2D eigenvalue weighted by molar-refractivity contribution is 7.98. The summed E-state index contributed by atoms with van der Waals surface area (Å²) < 4.78 is 37.1. The number of rotatable bonds is 8. The summed E-state index contributed by atoms with van der Waals surface area (Å²) >= 11 is 13.9. The fourth-order valence-corrected chi connectivity index (χ4v) is 6.72. The van der Waals surface area contributed by atoms with Gasteiger partial charge in [0.25, 0.3) is 5.91 Å². The molecule has 0 unspecified atom stereocenters. The normalized spacial score (nSPS) is 14.6. The Balaban J connectivity index is 0.00000190. The molecule has 2 fully saturated rings. The maximum atomic E-state index is 15.8. The summed E-state index contributed by atoms with van der Waals surface area (Å²) in [6, 6.07) is 8.54. The maximum Gasteiger partial charge on any atom is 0.266 e. The van der Waals surface area contributed by atoms with Crippen molar-refractivity contribution < 1.29 is 18.4 Å². The molecule has 47 heavy (non-hydrogen) atoms. The average molecular weight is 696 g/mol. The number of aromatic nitrogens is 4. The molecular weight excluding hydrogens is 665 g/mol. The number of nitrogens with zero attached hydrogens (tertiary/aromatic N) is 5. The van der Waals surface area contributed by atoms with E-state index in [1.165, 1.54) is 42.7 Å². The van der Waals surface area contributed by atoms with Crippen LogP contribution in [0.2, 0.25) is 10.0 Å². The lowest BCUT2D eigenvalue weighted by Gasteiger charge is -2.15. The monoisotopic (exact) mass is 694 g/mol. The van der Waals surface area contributed by atoms with Gasteiger partial charge in [0.2, 0.25) is 5.78 Å². The van der Waals surface area contributed by atoms with E-state index in [0.717, 1.165) is 55.2 Å². The van der Waals surface area contributed by atoms with Gasteiger partial charge in [-0.2, -0.15) is 0 Å². The van der Waals surface area contributed by atoms with Crippen molar-refractivity contribution in [3.63, 3.8) is 0 Å². The fourth-order valence-electron chi connectivity index (χ4n) is 5.33. The Bertz CT molecular complexity index is 1960. The highest BCUT2D eigenvalue weighted by atomic mass is 35.5. The first kappa shape index (κ1) is 33.0. The Labute approximate surface area is 284 Å². The van der Waals surface area contributed by atoms with E-state index >= 15 is 8.78 Å². The zero-order valence-electron chi connectivity index (χ0n) is 25.6. The molecule has 13 heteroatoms. The van der Waals surface area contributed by atoms with Crippen molar-refractivity contribution in [1.82, 2.24) is 23.8 Å². The topological polar surface area (TPSA) is 93.0 Å². The molecule has 3 aromatic heterocycles. The molecule has 1 saturated carbocycles. The van der Waals surface area contributed by atoms with Gasteiger partial charge in [0.1, 0.15) is 17.3 Å². The van der Waals surface area contributed by atoms with Gasteiger partial charge in [-0.3, -0.25) is 14.2 Å². The van der Waals surface area contributed by atoms with E-state index in [1.54, 1.807) is 24.5 Å². The van der Waals surface area contributed by atoms with E-state index in [4.69, 9.17) is 23.2 Å². The van der Waals surface area contributed by atoms with E-state index < -0.39 is 28.9 Å². The molecule has 0 spiro atoms. The van der Waals surface area contributed by atoms with E-state index in [1.807, 2.05) is 18.2 Å².